The van der Waals surface area contributed by atoms with Crippen LogP contribution in [-0.2, 0) is 14.3 Å². The predicted octanol–water partition coefficient (Wildman–Crippen LogP) is 3.78. The molecule has 7 heteroatoms. The zero-order valence-electron chi connectivity index (χ0n) is 18.2. The van der Waals surface area contributed by atoms with E-state index >= 15 is 0 Å². The number of likely N-dealkylation sites (tertiary alicyclic amines) is 1. The Kier molecular flexibility index (Phi) is 6.19. The molecule has 2 heterocycles. The Hall–Kier alpha value is -3.32. The Balaban J connectivity index is 1.79. The third-order valence-electron chi connectivity index (χ3n) is 5.65. The summed E-state index contributed by atoms with van der Waals surface area (Å²) in [7, 11) is 0. The first-order valence-electron chi connectivity index (χ1n) is 10.8. The maximum absolute atomic E-state index is 13.1. The van der Waals surface area contributed by atoms with Gasteiger partial charge in [-0.1, -0.05) is 24.3 Å². The topological polar surface area (TPSA) is 96.3 Å². The minimum absolute atomic E-state index is 0.0142. The number of benzene rings is 2. The smallest absolute Gasteiger partial charge is 0.295 e. The molecule has 168 valence electrons. The van der Waals surface area contributed by atoms with Gasteiger partial charge in [0, 0.05) is 18.7 Å². The molecule has 0 aliphatic carbocycles. The Labute approximate surface area is 186 Å². The molecule has 2 aromatic carbocycles. The number of hydrogen-bond acceptors (Lipinski definition) is 6. The third kappa shape index (κ3) is 4.34. The minimum atomic E-state index is -0.783. The molecule has 0 aromatic heterocycles. The van der Waals surface area contributed by atoms with Crippen molar-refractivity contribution in [2.75, 3.05) is 13.2 Å². The number of aliphatic hydroxyl groups is 1. The summed E-state index contributed by atoms with van der Waals surface area (Å²) < 4.78 is 11.4. The van der Waals surface area contributed by atoms with Crippen LogP contribution in [0.3, 0.4) is 0 Å². The van der Waals surface area contributed by atoms with Gasteiger partial charge in [0.05, 0.1) is 23.8 Å². The van der Waals surface area contributed by atoms with Crippen molar-refractivity contribution in [1.29, 1.82) is 0 Å². The number of carbonyl (C=O) groups is 2. The van der Waals surface area contributed by atoms with Gasteiger partial charge in [-0.2, -0.15) is 0 Å². The summed E-state index contributed by atoms with van der Waals surface area (Å²) in [6.07, 6.45) is 1.50. The van der Waals surface area contributed by atoms with Crippen molar-refractivity contribution in [1.82, 2.24) is 4.90 Å². The van der Waals surface area contributed by atoms with E-state index in [1.54, 1.807) is 36.4 Å². The van der Waals surface area contributed by atoms with Gasteiger partial charge in [0.2, 0.25) is 0 Å². The second kappa shape index (κ2) is 9.04. The maximum Gasteiger partial charge on any atom is 0.295 e. The van der Waals surface area contributed by atoms with E-state index in [0.717, 1.165) is 12.8 Å². The lowest BCUT2D eigenvalue weighted by Gasteiger charge is -2.27. The predicted molar refractivity (Wildman–Crippen MR) is 118 cm³/mol. The van der Waals surface area contributed by atoms with Crippen LogP contribution in [0.4, 0.5) is 0 Å². The van der Waals surface area contributed by atoms with Gasteiger partial charge in [0.25, 0.3) is 11.7 Å². The Morgan fingerprint density at radius 1 is 1.19 bits per heavy atom. The highest BCUT2D eigenvalue weighted by molar-refractivity contribution is 6.46. The Bertz CT molecular complexity index is 1040. The fourth-order valence-electron chi connectivity index (χ4n) is 4.22. The van der Waals surface area contributed by atoms with Crippen molar-refractivity contribution in [2.24, 2.45) is 0 Å². The van der Waals surface area contributed by atoms with Crippen LogP contribution in [-0.4, -0.2) is 52.2 Å². The third-order valence-corrected chi connectivity index (χ3v) is 5.65. The first-order chi connectivity index (χ1) is 15.3. The van der Waals surface area contributed by atoms with E-state index in [1.807, 2.05) is 13.8 Å². The van der Waals surface area contributed by atoms with Crippen LogP contribution >= 0.6 is 0 Å². The number of Topliss-reactive ketones (excluding diaryl/α,β-unsaturated/α-hetero) is 1. The largest absolute Gasteiger partial charge is 0.508 e. The molecular weight excluding hydrogens is 410 g/mol. The van der Waals surface area contributed by atoms with Gasteiger partial charge in [-0.25, -0.2) is 0 Å². The van der Waals surface area contributed by atoms with E-state index in [1.165, 1.54) is 17.0 Å². The highest BCUT2D eigenvalue weighted by Gasteiger charge is 2.47. The molecule has 0 bridgehead atoms. The van der Waals surface area contributed by atoms with E-state index in [4.69, 9.17) is 9.47 Å². The second-order valence-corrected chi connectivity index (χ2v) is 8.37. The SMILES string of the molecule is CC(C)Oc1cccc(/C(O)=C2/C(=O)C(=O)N(CC3CCCO3)C2c2ccc(O)cc2)c1. The molecule has 2 atom stereocenters. The van der Waals surface area contributed by atoms with Gasteiger partial charge in [0.1, 0.15) is 17.3 Å². The van der Waals surface area contributed by atoms with Crippen molar-refractivity contribution in [3.63, 3.8) is 0 Å². The fraction of sp³-hybridized carbons (Fsp3) is 0.360. The summed E-state index contributed by atoms with van der Waals surface area (Å²) in [5.41, 5.74) is 1.03. The number of nitrogens with zero attached hydrogens (tertiary/aromatic N) is 1. The van der Waals surface area contributed by atoms with Crippen LogP contribution in [0, 0.1) is 0 Å². The lowest BCUT2D eigenvalue weighted by Crippen LogP contribution is -2.36. The lowest BCUT2D eigenvalue weighted by molar-refractivity contribution is -0.140. The number of aromatic hydroxyl groups is 1. The standard InChI is InChI=1S/C25H27NO6/c1-15(2)32-19-6-3-5-17(13-19)23(28)21-22(16-8-10-18(27)11-9-16)26(25(30)24(21)29)14-20-7-4-12-31-20/h3,5-6,8-11,13,15,20,22,27-28H,4,7,12,14H2,1-2H3/b23-21-. The molecule has 4 rings (SSSR count). The minimum Gasteiger partial charge on any atom is -0.508 e. The molecule has 0 radical (unpaired) electrons. The first-order valence-corrected chi connectivity index (χ1v) is 10.8. The number of ketones is 1. The lowest BCUT2D eigenvalue weighted by atomic mass is 9.95. The van der Waals surface area contributed by atoms with Crippen LogP contribution in [0.1, 0.15) is 43.9 Å². The van der Waals surface area contributed by atoms with Crippen LogP contribution < -0.4 is 4.74 Å². The summed E-state index contributed by atoms with van der Waals surface area (Å²) in [6, 6.07) is 12.3. The van der Waals surface area contributed by atoms with Crippen molar-refractivity contribution >= 4 is 17.4 Å². The molecular formula is C25H27NO6. The van der Waals surface area contributed by atoms with Crippen molar-refractivity contribution in [3.05, 3.63) is 65.2 Å². The zero-order chi connectivity index (χ0) is 22.8. The molecule has 2 unspecified atom stereocenters. The summed E-state index contributed by atoms with van der Waals surface area (Å²) in [6.45, 7) is 4.67. The van der Waals surface area contributed by atoms with E-state index in [2.05, 4.69) is 0 Å². The van der Waals surface area contributed by atoms with E-state index in [-0.39, 0.29) is 35.8 Å². The highest BCUT2D eigenvalue weighted by Crippen LogP contribution is 2.40. The van der Waals surface area contributed by atoms with Gasteiger partial charge in [0.15, 0.2) is 0 Å². The monoisotopic (exact) mass is 437 g/mol. The average molecular weight is 437 g/mol. The average Bonchev–Trinajstić information content (AvgIpc) is 3.36. The number of ether oxygens (including phenoxy) is 2. The Morgan fingerprint density at radius 2 is 1.94 bits per heavy atom. The number of phenols is 1. The first kappa shape index (κ1) is 21.9. The molecule has 1 amide bonds. The second-order valence-electron chi connectivity index (χ2n) is 8.37. The molecule has 2 N–H and O–H groups in total. The summed E-state index contributed by atoms with van der Waals surface area (Å²) in [5, 5.41) is 20.9. The summed E-state index contributed by atoms with van der Waals surface area (Å²) in [5.74, 6) is -1.05. The van der Waals surface area contributed by atoms with Gasteiger partial charge >= 0.3 is 0 Å². The van der Waals surface area contributed by atoms with E-state index < -0.39 is 17.7 Å². The van der Waals surface area contributed by atoms with Crippen molar-refractivity contribution in [3.8, 4) is 11.5 Å². The van der Waals surface area contributed by atoms with Gasteiger partial charge in [-0.15, -0.1) is 0 Å². The van der Waals surface area contributed by atoms with Gasteiger partial charge in [-0.05, 0) is 56.5 Å². The molecule has 2 saturated heterocycles. The Morgan fingerprint density at radius 3 is 2.59 bits per heavy atom. The highest BCUT2D eigenvalue weighted by atomic mass is 16.5. The molecule has 2 aliphatic rings. The number of phenolic OH excluding ortho intramolecular Hbond substituents is 1. The molecule has 2 aliphatic heterocycles. The van der Waals surface area contributed by atoms with Crippen molar-refractivity contribution < 1.29 is 29.3 Å². The number of aliphatic hydroxyl groups excluding tert-OH is 1. The number of hydrogen-bond donors (Lipinski definition) is 2. The zero-order valence-corrected chi connectivity index (χ0v) is 18.2. The normalized spacial score (nSPS) is 22.7. The summed E-state index contributed by atoms with van der Waals surface area (Å²) in [4.78, 5) is 27.6. The van der Waals surface area contributed by atoms with Crippen molar-refractivity contribution in [2.45, 2.75) is 44.9 Å². The van der Waals surface area contributed by atoms with Crippen LogP contribution in [0.2, 0.25) is 0 Å². The molecule has 0 spiro atoms. The van der Waals surface area contributed by atoms with Gasteiger partial charge in [-0.3, -0.25) is 9.59 Å². The van der Waals surface area contributed by atoms with Gasteiger partial charge < -0.3 is 24.6 Å². The number of carbonyl (C=O) groups excluding carboxylic acids is 2. The summed E-state index contributed by atoms with van der Waals surface area (Å²) >= 11 is 0. The number of rotatable bonds is 6. The van der Waals surface area contributed by atoms with E-state index in [9.17, 15) is 19.8 Å². The molecule has 32 heavy (non-hydrogen) atoms. The van der Waals surface area contributed by atoms with Crippen LogP contribution in [0.25, 0.3) is 5.76 Å². The quantitative estimate of drug-likeness (QED) is 0.406. The molecule has 0 saturated carbocycles. The molecule has 2 fully saturated rings. The van der Waals surface area contributed by atoms with Crippen LogP contribution in [0.5, 0.6) is 11.5 Å². The maximum atomic E-state index is 13.1. The molecule has 7 nitrogen and oxygen atoms in total. The number of amides is 1. The fourth-order valence-corrected chi connectivity index (χ4v) is 4.22. The molecule has 2 aromatic rings. The van der Waals surface area contributed by atoms with Crippen LogP contribution in [0.15, 0.2) is 54.1 Å². The van der Waals surface area contributed by atoms with E-state index in [0.29, 0.717) is 23.5 Å².